The van der Waals surface area contributed by atoms with Crippen LogP contribution in [0.25, 0.3) is 0 Å². The monoisotopic (exact) mass is 335 g/mol. The van der Waals surface area contributed by atoms with E-state index in [9.17, 15) is 18.3 Å². The predicted octanol–water partition coefficient (Wildman–Crippen LogP) is 2.84. The Kier molecular flexibility index (Phi) is 4.90. The van der Waals surface area contributed by atoms with Crippen molar-refractivity contribution in [2.24, 2.45) is 0 Å². The quantitative estimate of drug-likeness (QED) is 0.704. The second-order valence-corrected chi connectivity index (χ2v) is 6.72. The van der Waals surface area contributed by atoms with Gasteiger partial charge in [-0.1, -0.05) is 25.5 Å². The summed E-state index contributed by atoms with van der Waals surface area (Å²) in [6.45, 7) is 2.04. The Morgan fingerprint density at radius 2 is 1.78 bits per heavy atom. The minimum Gasteiger partial charge on any atom is -0.507 e. The summed E-state index contributed by atoms with van der Waals surface area (Å²) in [7, 11) is -3.82. The highest BCUT2D eigenvalue weighted by atomic mass is 32.2. The van der Waals surface area contributed by atoms with Gasteiger partial charge < -0.3 is 10.2 Å². The first kappa shape index (κ1) is 16.8. The summed E-state index contributed by atoms with van der Waals surface area (Å²) < 4.78 is 26.9. The largest absolute Gasteiger partial charge is 0.507 e. The first-order chi connectivity index (χ1) is 10.8. The number of carboxylic acids is 1. The van der Waals surface area contributed by atoms with Crippen molar-refractivity contribution in [1.82, 2.24) is 0 Å². The van der Waals surface area contributed by atoms with Crippen LogP contribution in [0.3, 0.4) is 0 Å². The van der Waals surface area contributed by atoms with Gasteiger partial charge in [-0.25, -0.2) is 13.2 Å². The fourth-order valence-corrected chi connectivity index (χ4v) is 3.16. The van der Waals surface area contributed by atoms with Crippen LogP contribution in [0.15, 0.2) is 47.4 Å². The molecule has 0 aromatic heterocycles. The lowest BCUT2D eigenvalue weighted by Gasteiger charge is -2.10. The van der Waals surface area contributed by atoms with Crippen molar-refractivity contribution < 1.29 is 23.4 Å². The van der Waals surface area contributed by atoms with Crippen LogP contribution in [0, 0.1) is 0 Å². The number of aryl methyl sites for hydroxylation is 1. The molecule has 0 spiro atoms. The van der Waals surface area contributed by atoms with E-state index in [2.05, 4.69) is 4.72 Å². The zero-order valence-corrected chi connectivity index (χ0v) is 13.3. The van der Waals surface area contributed by atoms with Gasteiger partial charge in [-0.15, -0.1) is 0 Å². The summed E-state index contributed by atoms with van der Waals surface area (Å²) in [4.78, 5) is 11.1. The van der Waals surface area contributed by atoms with Gasteiger partial charge in [-0.05, 0) is 42.3 Å². The molecule has 0 fully saturated rings. The molecule has 0 saturated heterocycles. The number of carboxylic acid groups (broad SMARTS) is 1. The molecular formula is C16H17NO5S. The Balaban J connectivity index is 2.27. The third kappa shape index (κ3) is 4.01. The molecule has 0 aliphatic rings. The number of hydrogen-bond donors (Lipinski definition) is 3. The van der Waals surface area contributed by atoms with Gasteiger partial charge in [0.1, 0.15) is 11.3 Å². The molecule has 2 aromatic carbocycles. The Morgan fingerprint density at radius 1 is 1.13 bits per heavy atom. The number of aromatic hydroxyl groups is 1. The number of anilines is 1. The predicted molar refractivity (Wildman–Crippen MR) is 86.3 cm³/mol. The molecule has 0 aliphatic carbocycles. The molecule has 2 rings (SSSR count). The minimum absolute atomic E-state index is 0.0674. The number of benzene rings is 2. The fraction of sp³-hybridized carbons (Fsp3) is 0.188. The van der Waals surface area contributed by atoms with Crippen LogP contribution in [0.2, 0.25) is 0 Å². The number of nitrogens with one attached hydrogen (secondary N) is 1. The van der Waals surface area contributed by atoms with Crippen LogP contribution in [0.1, 0.15) is 29.3 Å². The molecule has 6 nitrogen and oxygen atoms in total. The standard InChI is InChI=1S/C16H17NO5S/c1-2-3-11-4-7-13(8-5-11)23(21,22)17-12-6-9-15(18)14(10-12)16(19)20/h4-10,17-18H,2-3H2,1H3,(H,19,20). The van der Waals surface area contributed by atoms with Crippen LogP contribution in [-0.4, -0.2) is 24.6 Å². The molecule has 122 valence electrons. The molecule has 0 heterocycles. The van der Waals surface area contributed by atoms with Gasteiger partial charge in [0.2, 0.25) is 0 Å². The van der Waals surface area contributed by atoms with Crippen molar-refractivity contribution in [1.29, 1.82) is 0 Å². The molecule has 3 N–H and O–H groups in total. The van der Waals surface area contributed by atoms with Crippen LogP contribution in [0.4, 0.5) is 5.69 Å². The van der Waals surface area contributed by atoms with Gasteiger partial charge in [-0.3, -0.25) is 4.72 Å². The number of rotatable bonds is 6. The lowest BCUT2D eigenvalue weighted by Crippen LogP contribution is -2.13. The van der Waals surface area contributed by atoms with Crippen molar-refractivity contribution >= 4 is 21.7 Å². The second kappa shape index (κ2) is 6.70. The number of sulfonamides is 1. The third-order valence-electron chi connectivity index (χ3n) is 3.25. The summed E-state index contributed by atoms with van der Waals surface area (Å²) in [5.74, 6) is -1.77. The van der Waals surface area contributed by atoms with E-state index < -0.39 is 21.7 Å². The minimum atomic E-state index is -3.82. The average molecular weight is 335 g/mol. The van der Waals surface area contributed by atoms with Gasteiger partial charge in [0.15, 0.2) is 0 Å². The van der Waals surface area contributed by atoms with Gasteiger partial charge in [0.25, 0.3) is 10.0 Å². The summed E-state index contributed by atoms with van der Waals surface area (Å²) in [6.07, 6.45) is 1.84. The topological polar surface area (TPSA) is 104 Å². The highest BCUT2D eigenvalue weighted by Gasteiger charge is 2.16. The van der Waals surface area contributed by atoms with Crippen LogP contribution < -0.4 is 4.72 Å². The van der Waals surface area contributed by atoms with E-state index in [1.807, 2.05) is 6.92 Å². The van der Waals surface area contributed by atoms with Crippen molar-refractivity contribution in [3.63, 3.8) is 0 Å². The Bertz CT molecular complexity index is 813. The third-order valence-corrected chi connectivity index (χ3v) is 4.65. The molecule has 7 heteroatoms. The van der Waals surface area contributed by atoms with E-state index in [1.54, 1.807) is 12.1 Å². The maximum absolute atomic E-state index is 12.3. The van der Waals surface area contributed by atoms with Crippen LogP contribution >= 0.6 is 0 Å². The highest BCUT2D eigenvalue weighted by Crippen LogP contribution is 2.23. The van der Waals surface area contributed by atoms with Gasteiger partial charge in [0, 0.05) is 5.69 Å². The molecular weight excluding hydrogens is 318 g/mol. The SMILES string of the molecule is CCCc1ccc(S(=O)(=O)Nc2ccc(O)c(C(=O)O)c2)cc1. The van der Waals surface area contributed by atoms with Crippen LogP contribution in [-0.2, 0) is 16.4 Å². The van der Waals surface area contributed by atoms with E-state index in [-0.39, 0.29) is 16.1 Å². The van der Waals surface area contributed by atoms with Gasteiger partial charge in [-0.2, -0.15) is 0 Å². The van der Waals surface area contributed by atoms with E-state index >= 15 is 0 Å². The first-order valence-electron chi connectivity index (χ1n) is 7.01. The van der Waals surface area contributed by atoms with Crippen molar-refractivity contribution in [2.75, 3.05) is 4.72 Å². The smallest absolute Gasteiger partial charge is 0.339 e. The summed E-state index contributed by atoms with van der Waals surface area (Å²) in [5, 5.41) is 18.4. The van der Waals surface area contributed by atoms with Gasteiger partial charge >= 0.3 is 5.97 Å². The maximum Gasteiger partial charge on any atom is 0.339 e. The zero-order valence-electron chi connectivity index (χ0n) is 12.5. The summed E-state index contributed by atoms with van der Waals surface area (Å²) in [6, 6.07) is 10.0. The second-order valence-electron chi connectivity index (χ2n) is 5.04. The molecule has 0 amide bonds. The highest BCUT2D eigenvalue weighted by molar-refractivity contribution is 7.92. The number of aromatic carboxylic acids is 1. The average Bonchev–Trinajstić information content (AvgIpc) is 2.49. The van der Waals surface area contributed by atoms with Crippen molar-refractivity contribution in [3.05, 3.63) is 53.6 Å². The lowest BCUT2D eigenvalue weighted by atomic mass is 10.1. The van der Waals surface area contributed by atoms with E-state index in [4.69, 9.17) is 5.11 Å². The van der Waals surface area contributed by atoms with E-state index in [0.29, 0.717) is 0 Å². The van der Waals surface area contributed by atoms with Crippen molar-refractivity contribution in [3.8, 4) is 5.75 Å². The van der Waals surface area contributed by atoms with E-state index in [0.717, 1.165) is 30.5 Å². The molecule has 0 saturated carbocycles. The Labute approximate surface area is 134 Å². The van der Waals surface area contributed by atoms with Crippen LogP contribution in [0.5, 0.6) is 5.75 Å². The first-order valence-corrected chi connectivity index (χ1v) is 8.50. The zero-order chi connectivity index (χ0) is 17.0. The Morgan fingerprint density at radius 3 is 2.35 bits per heavy atom. The summed E-state index contributed by atoms with van der Waals surface area (Å²) in [5.41, 5.74) is 0.741. The lowest BCUT2D eigenvalue weighted by molar-refractivity contribution is 0.0693. The normalized spacial score (nSPS) is 11.2. The molecule has 0 aliphatic heterocycles. The molecule has 23 heavy (non-hydrogen) atoms. The molecule has 0 atom stereocenters. The number of carbonyl (C=O) groups is 1. The number of hydrogen-bond acceptors (Lipinski definition) is 4. The molecule has 0 unspecified atom stereocenters. The summed E-state index contributed by atoms with van der Waals surface area (Å²) >= 11 is 0. The van der Waals surface area contributed by atoms with Crippen molar-refractivity contribution in [2.45, 2.75) is 24.7 Å². The molecule has 0 bridgehead atoms. The van der Waals surface area contributed by atoms with E-state index in [1.165, 1.54) is 18.2 Å². The molecule has 0 radical (unpaired) electrons. The number of phenols is 1. The maximum atomic E-state index is 12.3. The Hall–Kier alpha value is -2.54. The molecule has 2 aromatic rings. The van der Waals surface area contributed by atoms with Gasteiger partial charge in [0.05, 0.1) is 4.90 Å². The fourth-order valence-electron chi connectivity index (χ4n) is 2.11.